The van der Waals surface area contributed by atoms with Gasteiger partial charge in [-0.25, -0.2) is 5.84 Å². The minimum Gasteiger partial charge on any atom is -0.341 e. The van der Waals surface area contributed by atoms with E-state index in [4.69, 9.17) is 5.84 Å². The van der Waals surface area contributed by atoms with E-state index in [0.29, 0.717) is 23.9 Å². The molecule has 0 aliphatic carbocycles. The van der Waals surface area contributed by atoms with Gasteiger partial charge in [0.25, 0.3) is 0 Å². The van der Waals surface area contributed by atoms with E-state index in [1.165, 1.54) is 0 Å². The first-order chi connectivity index (χ1) is 10.1. The van der Waals surface area contributed by atoms with E-state index in [9.17, 15) is 0 Å². The van der Waals surface area contributed by atoms with Crippen LogP contribution in [0.2, 0.25) is 0 Å². The minimum absolute atomic E-state index is 0.362. The van der Waals surface area contributed by atoms with Crippen molar-refractivity contribution in [2.24, 2.45) is 5.84 Å². The highest BCUT2D eigenvalue weighted by atomic mass is 15.4. The van der Waals surface area contributed by atoms with E-state index in [2.05, 4.69) is 62.9 Å². The van der Waals surface area contributed by atoms with Crippen molar-refractivity contribution in [2.45, 2.75) is 26.8 Å². The number of nitrogen functional groups attached to an aromatic ring is 1. The molecule has 0 saturated carbocycles. The Kier molecular flexibility index (Phi) is 5.13. The first-order valence-electron chi connectivity index (χ1n) is 7.51. The lowest BCUT2D eigenvalue weighted by atomic mass is 10.2. The molecule has 0 amide bonds. The second-order valence-corrected chi connectivity index (χ2v) is 5.38. The lowest BCUT2D eigenvalue weighted by Crippen LogP contribution is -2.51. The summed E-state index contributed by atoms with van der Waals surface area (Å²) in [6.45, 7) is 11.0. The van der Waals surface area contributed by atoms with Crippen LogP contribution in [0, 0.1) is 0 Å². The van der Waals surface area contributed by atoms with Gasteiger partial charge in [-0.1, -0.05) is 0 Å². The zero-order valence-electron chi connectivity index (χ0n) is 13.4. The molecule has 2 heterocycles. The predicted molar refractivity (Wildman–Crippen MR) is 85.5 cm³/mol. The number of nitrogens with one attached hydrogen (secondary N) is 1. The van der Waals surface area contributed by atoms with Crippen LogP contribution in [0.5, 0.6) is 0 Å². The van der Waals surface area contributed by atoms with Crippen LogP contribution in [0.1, 0.15) is 20.8 Å². The Bertz CT molecular complexity index is 461. The molecule has 0 bridgehead atoms. The van der Waals surface area contributed by atoms with E-state index >= 15 is 0 Å². The lowest BCUT2D eigenvalue weighted by Gasteiger charge is -2.38. The summed E-state index contributed by atoms with van der Waals surface area (Å²) < 4.78 is 0. The van der Waals surface area contributed by atoms with Crippen LogP contribution in [0.3, 0.4) is 0 Å². The van der Waals surface area contributed by atoms with Gasteiger partial charge in [0.2, 0.25) is 17.8 Å². The SMILES string of the molecule is CCN(CC)c1nc(NN)nc(N2CCN(C)CC2C)n1. The normalized spacial score (nSPS) is 19.7. The molecular formula is C13H26N8. The molecule has 1 atom stereocenters. The summed E-state index contributed by atoms with van der Waals surface area (Å²) in [7, 11) is 2.13. The number of likely N-dealkylation sites (N-methyl/N-ethyl adjacent to an activating group) is 1. The Labute approximate surface area is 126 Å². The molecule has 1 fully saturated rings. The average Bonchev–Trinajstić information content (AvgIpc) is 2.48. The molecular weight excluding hydrogens is 268 g/mol. The van der Waals surface area contributed by atoms with Gasteiger partial charge in [-0.05, 0) is 27.8 Å². The van der Waals surface area contributed by atoms with E-state index in [-0.39, 0.29) is 0 Å². The summed E-state index contributed by atoms with van der Waals surface area (Å²) in [5.41, 5.74) is 2.55. The van der Waals surface area contributed by atoms with Crippen LogP contribution < -0.4 is 21.1 Å². The maximum Gasteiger partial charge on any atom is 0.243 e. The van der Waals surface area contributed by atoms with Crippen molar-refractivity contribution in [2.75, 3.05) is 55.0 Å². The number of nitrogens with zero attached hydrogens (tertiary/aromatic N) is 6. The van der Waals surface area contributed by atoms with E-state index in [1.54, 1.807) is 0 Å². The fourth-order valence-corrected chi connectivity index (χ4v) is 2.63. The third-order valence-electron chi connectivity index (χ3n) is 3.87. The molecule has 1 unspecified atom stereocenters. The molecule has 21 heavy (non-hydrogen) atoms. The van der Waals surface area contributed by atoms with Crippen molar-refractivity contribution in [3.8, 4) is 0 Å². The molecule has 1 saturated heterocycles. The van der Waals surface area contributed by atoms with Crippen LogP contribution in [-0.2, 0) is 0 Å². The minimum atomic E-state index is 0.362. The summed E-state index contributed by atoms with van der Waals surface area (Å²) >= 11 is 0. The molecule has 8 heteroatoms. The van der Waals surface area contributed by atoms with Gasteiger partial charge in [0.15, 0.2) is 0 Å². The molecule has 0 radical (unpaired) electrons. The van der Waals surface area contributed by atoms with Crippen LogP contribution >= 0.6 is 0 Å². The summed E-state index contributed by atoms with van der Waals surface area (Å²) in [6, 6.07) is 0.362. The molecule has 118 valence electrons. The Morgan fingerprint density at radius 3 is 2.52 bits per heavy atom. The number of hydrazine groups is 1. The smallest absolute Gasteiger partial charge is 0.243 e. The lowest BCUT2D eigenvalue weighted by molar-refractivity contribution is 0.273. The van der Waals surface area contributed by atoms with Crippen LogP contribution in [0.25, 0.3) is 0 Å². The van der Waals surface area contributed by atoms with Crippen molar-refractivity contribution < 1.29 is 0 Å². The molecule has 1 aliphatic heterocycles. The van der Waals surface area contributed by atoms with Crippen LogP contribution in [0.4, 0.5) is 17.8 Å². The Morgan fingerprint density at radius 2 is 1.95 bits per heavy atom. The molecule has 8 nitrogen and oxygen atoms in total. The Hall–Kier alpha value is -1.67. The molecule has 1 aromatic rings. The number of nitrogens with two attached hydrogens (primary N) is 1. The Balaban J connectivity index is 2.32. The maximum absolute atomic E-state index is 5.51. The van der Waals surface area contributed by atoms with Gasteiger partial charge in [-0.15, -0.1) is 0 Å². The number of piperazine rings is 1. The highest BCUT2D eigenvalue weighted by molar-refractivity contribution is 5.45. The monoisotopic (exact) mass is 294 g/mol. The zero-order chi connectivity index (χ0) is 15.4. The van der Waals surface area contributed by atoms with Crippen molar-refractivity contribution >= 4 is 17.8 Å². The van der Waals surface area contributed by atoms with E-state index < -0.39 is 0 Å². The summed E-state index contributed by atoms with van der Waals surface area (Å²) in [5, 5.41) is 0. The number of aromatic nitrogens is 3. The quantitative estimate of drug-likeness (QED) is 0.586. The molecule has 1 aromatic heterocycles. The van der Waals surface area contributed by atoms with Crippen LogP contribution in [0.15, 0.2) is 0 Å². The van der Waals surface area contributed by atoms with Crippen molar-refractivity contribution in [1.82, 2.24) is 19.9 Å². The second-order valence-electron chi connectivity index (χ2n) is 5.38. The first kappa shape index (κ1) is 15.7. The average molecular weight is 294 g/mol. The number of hydrogen-bond donors (Lipinski definition) is 2. The van der Waals surface area contributed by atoms with Gasteiger partial charge in [-0.2, -0.15) is 15.0 Å². The van der Waals surface area contributed by atoms with Gasteiger partial charge in [0, 0.05) is 38.8 Å². The zero-order valence-corrected chi connectivity index (χ0v) is 13.4. The van der Waals surface area contributed by atoms with E-state index in [0.717, 1.165) is 32.7 Å². The van der Waals surface area contributed by atoms with Crippen LogP contribution in [-0.4, -0.2) is 65.7 Å². The number of rotatable bonds is 5. The molecule has 0 aromatic carbocycles. The third-order valence-corrected chi connectivity index (χ3v) is 3.87. The fourth-order valence-electron chi connectivity index (χ4n) is 2.63. The Morgan fingerprint density at radius 1 is 1.24 bits per heavy atom. The van der Waals surface area contributed by atoms with Gasteiger partial charge in [0.1, 0.15) is 0 Å². The van der Waals surface area contributed by atoms with Gasteiger partial charge >= 0.3 is 0 Å². The van der Waals surface area contributed by atoms with Gasteiger partial charge in [0.05, 0.1) is 0 Å². The maximum atomic E-state index is 5.51. The standard InChI is InChI=1S/C13H26N8/c1-5-20(6-2)12-15-11(18-14)16-13(17-12)21-8-7-19(4)9-10(21)3/h10H,5-9,14H2,1-4H3,(H,15,16,17,18). The van der Waals surface area contributed by atoms with E-state index in [1.807, 2.05) is 0 Å². The first-order valence-corrected chi connectivity index (χ1v) is 7.51. The van der Waals surface area contributed by atoms with Gasteiger partial charge < -0.3 is 14.7 Å². The second kappa shape index (κ2) is 6.86. The fraction of sp³-hybridized carbons (Fsp3) is 0.769. The van der Waals surface area contributed by atoms with Gasteiger partial charge in [-0.3, -0.25) is 5.43 Å². The molecule has 0 spiro atoms. The predicted octanol–water partition coefficient (Wildman–Crippen LogP) is 0.144. The highest BCUT2D eigenvalue weighted by Crippen LogP contribution is 2.20. The molecule has 1 aliphatic rings. The summed E-state index contributed by atoms with van der Waals surface area (Å²) in [5.74, 6) is 7.28. The number of hydrogen-bond acceptors (Lipinski definition) is 8. The van der Waals surface area contributed by atoms with Crippen molar-refractivity contribution in [3.05, 3.63) is 0 Å². The highest BCUT2D eigenvalue weighted by Gasteiger charge is 2.25. The summed E-state index contributed by atoms with van der Waals surface area (Å²) in [4.78, 5) is 20.0. The number of anilines is 3. The summed E-state index contributed by atoms with van der Waals surface area (Å²) in [6.07, 6.45) is 0. The largest absolute Gasteiger partial charge is 0.341 e. The molecule has 3 N–H and O–H groups in total. The topological polar surface area (TPSA) is 86.4 Å². The van der Waals surface area contributed by atoms with Crippen molar-refractivity contribution in [3.63, 3.8) is 0 Å². The molecule has 2 rings (SSSR count). The van der Waals surface area contributed by atoms with Crippen molar-refractivity contribution in [1.29, 1.82) is 0 Å². The third kappa shape index (κ3) is 3.51.